The van der Waals surface area contributed by atoms with Crippen LogP contribution in [0.3, 0.4) is 0 Å². The quantitative estimate of drug-likeness (QED) is 0.180. The first kappa shape index (κ1) is 32.1. The van der Waals surface area contributed by atoms with E-state index < -0.39 is 0 Å². The normalized spacial score (nSPS) is 12.1. The van der Waals surface area contributed by atoms with Crippen molar-refractivity contribution in [2.24, 2.45) is 0 Å². The maximum Gasteiger partial charge on any atom is 0.248 e. The monoisotopic (exact) mass is 752 g/mol. The van der Waals surface area contributed by atoms with Gasteiger partial charge in [0.05, 0.1) is 22.1 Å². The summed E-state index contributed by atoms with van der Waals surface area (Å²) in [7, 11) is 0. The van der Waals surface area contributed by atoms with Gasteiger partial charge in [0.1, 0.15) is 16.8 Å². The Morgan fingerprint density at radius 3 is 1.73 bits per heavy atom. The van der Waals surface area contributed by atoms with Gasteiger partial charge in [-0.05, 0) is 99.4 Å². The van der Waals surface area contributed by atoms with Crippen LogP contribution in [0.5, 0.6) is 0 Å². The summed E-state index contributed by atoms with van der Waals surface area (Å²) in [6, 6.07) is 69.2. The molecule has 9 aromatic carbocycles. The number of hydrogen-bond acceptors (Lipinski definition) is 3. The minimum atomic E-state index is 0.503. The van der Waals surface area contributed by atoms with Crippen LogP contribution in [-0.4, -0.2) is 19.1 Å². The first-order valence-electron chi connectivity index (χ1n) is 20.0. The summed E-state index contributed by atoms with van der Waals surface area (Å²) < 4.78 is 11.3. The highest BCUT2D eigenvalue weighted by atomic mass is 16.3. The van der Waals surface area contributed by atoms with E-state index in [4.69, 9.17) is 14.4 Å². The van der Waals surface area contributed by atoms with Crippen LogP contribution in [-0.2, 0) is 0 Å². The third-order valence-corrected chi connectivity index (χ3v) is 12.1. The van der Waals surface area contributed by atoms with Crippen molar-refractivity contribution in [2.45, 2.75) is 0 Å². The van der Waals surface area contributed by atoms with Crippen molar-refractivity contribution < 1.29 is 4.42 Å². The molecule has 0 saturated heterocycles. The summed E-state index contributed by atoms with van der Waals surface area (Å²) in [5.74, 6) is 0.721. The van der Waals surface area contributed by atoms with E-state index in [0.29, 0.717) is 5.71 Å². The number of nitrogens with zero attached hydrogens (tertiary/aromatic N) is 4. The van der Waals surface area contributed by atoms with Crippen LogP contribution >= 0.6 is 0 Å². The lowest BCUT2D eigenvalue weighted by Crippen LogP contribution is -2.03. The van der Waals surface area contributed by atoms with Crippen LogP contribution < -0.4 is 0 Å². The molecule has 0 aliphatic rings. The molecule has 59 heavy (non-hydrogen) atoms. The maximum absolute atomic E-state index is 6.63. The van der Waals surface area contributed by atoms with Gasteiger partial charge in [-0.15, -0.1) is 0 Å². The lowest BCUT2D eigenvalue weighted by atomic mass is 10.00. The molecule has 0 saturated carbocycles. The summed E-state index contributed by atoms with van der Waals surface area (Å²) >= 11 is 0. The van der Waals surface area contributed by atoms with Crippen molar-refractivity contribution in [1.82, 2.24) is 19.1 Å². The van der Waals surface area contributed by atoms with Gasteiger partial charge in [0, 0.05) is 38.2 Å². The second-order valence-corrected chi connectivity index (χ2v) is 15.4. The molecule has 0 atom stereocenters. The SMILES string of the molecule is c1ccc(-n2c3ccccc3c3cc(-c4nc5c(nc4-n4c6ccccc6c6cc7ccccc7cc64)oc4ccc(-c6ccc7ccccc7c6)cc45)ccc32)cc1. The highest BCUT2D eigenvalue weighted by Gasteiger charge is 2.23. The third kappa shape index (κ3) is 4.79. The fourth-order valence-electron chi connectivity index (χ4n) is 9.32. The van der Waals surface area contributed by atoms with Crippen LogP contribution in [0.2, 0.25) is 0 Å². The summed E-state index contributed by atoms with van der Waals surface area (Å²) in [4.78, 5) is 11.1. The molecule has 4 aromatic heterocycles. The molecule has 0 spiro atoms. The smallest absolute Gasteiger partial charge is 0.248 e. The van der Waals surface area contributed by atoms with E-state index in [1.54, 1.807) is 0 Å². The number of aromatic nitrogens is 4. The molecular weight excluding hydrogens is 721 g/mol. The standard InChI is InChI=1S/C54H32N4O/c1-2-16-40(17-3-1)57-46-20-10-8-18-41(46)43-31-39(24-26-48(43)57)51-53(58-47-21-11-9-19-42(47)44-29-35-14-6-7-15-36(35)32-49(44)58)56-54-52(55-51)45-30-38(25-27-50(45)59-54)37-23-22-33-12-4-5-13-34(33)28-37/h1-32H. The van der Waals surface area contributed by atoms with Gasteiger partial charge in [-0.1, -0.05) is 127 Å². The Bertz CT molecular complexity index is 3850. The van der Waals surface area contributed by atoms with E-state index in [1.807, 2.05) is 0 Å². The summed E-state index contributed by atoms with van der Waals surface area (Å²) in [5, 5.41) is 10.4. The molecule has 5 nitrogen and oxygen atoms in total. The molecule has 0 aliphatic heterocycles. The Hall–Kier alpha value is -8.02. The van der Waals surface area contributed by atoms with E-state index in [9.17, 15) is 0 Å². The zero-order valence-electron chi connectivity index (χ0n) is 31.7. The first-order chi connectivity index (χ1) is 29.2. The Kier molecular flexibility index (Phi) is 6.66. The molecule has 0 unspecified atom stereocenters. The topological polar surface area (TPSA) is 48.8 Å². The van der Waals surface area contributed by atoms with Crippen molar-refractivity contribution in [1.29, 1.82) is 0 Å². The highest BCUT2D eigenvalue weighted by Crippen LogP contribution is 2.41. The molecule has 4 heterocycles. The van der Waals surface area contributed by atoms with E-state index in [1.165, 1.54) is 26.9 Å². The lowest BCUT2D eigenvalue weighted by molar-refractivity contribution is 0.652. The molecule has 0 radical (unpaired) electrons. The van der Waals surface area contributed by atoms with Crippen molar-refractivity contribution >= 4 is 87.4 Å². The third-order valence-electron chi connectivity index (χ3n) is 12.1. The number of benzene rings is 9. The fourth-order valence-corrected chi connectivity index (χ4v) is 9.32. The van der Waals surface area contributed by atoms with Gasteiger partial charge < -0.3 is 8.98 Å². The van der Waals surface area contributed by atoms with Crippen LogP contribution in [0.25, 0.3) is 121 Å². The largest absolute Gasteiger partial charge is 0.436 e. The molecule has 0 fully saturated rings. The summed E-state index contributed by atoms with van der Waals surface area (Å²) in [6.45, 7) is 0. The Labute approximate surface area is 337 Å². The highest BCUT2D eigenvalue weighted by molar-refractivity contribution is 6.15. The van der Waals surface area contributed by atoms with E-state index in [2.05, 4.69) is 203 Å². The molecule has 0 N–H and O–H groups in total. The second-order valence-electron chi connectivity index (χ2n) is 15.4. The average Bonchev–Trinajstić information content (AvgIpc) is 3.94. The minimum absolute atomic E-state index is 0.503. The number of rotatable bonds is 4. The molecule has 13 aromatic rings. The second kappa shape index (κ2) is 12.2. The Morgan fingerprint density at radius 2 is 0.932 bits per heavy atom. The molecule has 0 bridgehead atoms. The van der Waals surface area contributed by atoms with Crippen LogP contribution in [0, 0.1) is 0 Å². The van der Waals surface area contributed by atoms with Gasteiger partial charge >= 0.3 is 0 Å². The number of fused-ring (bicyclic) bond motifs is 11. The molecule has 274 valence electrons. The zero-order valence-corrected chi connectivity index (χ0v) is 31.7. The summed E-state index contributed by atoms with van der Waals surface area (Å²) in [6.07, 6.45) is 0. The summed E-state index contributed by atoms with van der Waals surface area (Å²) in [5.41, 5.74) is 11.5. The molecule has 0 aliphatic carbocycles. The molecular formula is C54H32N4O. The van der Waals surface area contributed by atoms with E-state index >= 15 is 0 Å². The number of para-hydroxylation sites is 3. The van der Waals surface area contributed by atoms with Gasteiger partial charge in [0.15, 0.2) is 5.82 Å². The van der Waals surface area contributed by atoms with E-state index in [0.717, 1.165) is 88.6 Å². The van der Waals surface area contributed by atoms with Crippen LogP contribution in [0.1, 0.15) is 0 Å². The number of furan rings is 1. The maximum atomic E-state index is 6.63. The number of hydrogen-bond donors (Lipinski definition) is 0. The van der Waals surface area contributed by atoms with Crippen LogP contribution in [0.15, 0.2) is 199 Å². The van der Waals surface area contributed by atoms with Crippen LogP contribution in [0.4, 0.5) is 0 Å². The Balaban J connectivity index is 1.12. The van der Waals surface area contributed by atoms with Crippen molar-refractivity contribution in [2.75, 3.05) is 0 Å². The Morgan fingerprint density at radius 1 is 0.356 bits per heavy atom. The zero-order chi connectivity index (χ0) is 38.6. The van der Waals surface area contributed by atoms with Crippen molar-refractivity contribution in [3.63, 3.8) is 0 Å². The molecule has 13 rings (SSSR count). The molecule has 5 heteroatoms. The first-order valence-corrected chi connectivity index (χ1v) is 20.0. The van der Waals surface area contributed by atoms with Crippen molar-refractivity contribution in [3.8, 4) is 33.9 Å². The fraction of sp³-hybridized carbons (Fsp3) is 0. The van der Waals surface area contributed by atoms with Gasteiger partial charge in [-0.25, -0.2) is 4.98 Å². The lowest BCUT2D eigenvalue weighted by Gasteiger charge is -2.13. The predicted molar refractivity (Wildman–Crippen MR) is 244 cm³/mol. The van der Waals surface area contributed by atoms with E-state index in [-0.39, 0.29) is 0 Å². The van der Waals surface area contributed by atoms with Gasteiger partial charge in [-0.3, -0.25) is 4.57 Å². The minimum Gasteiger partial charge on any atom is -0.436 e. The van der Waals surface area contributed by atoms with Gasteiger partial charge in [-0.2, -0.15) is 4.98 Å². The average molecular weight is 753 g/mol. The van der Waals surface area contributed by atoms with Crippen molar-refractivity contribution in [3.05, 3.63) is 194 Å². The molecule has 0 amide bonds. The van der Waals surface area contributed by atoms with Gasteiger partial charge in [0.2, 0.25) is 5.71 Å². The van der Waals surface area contributed by atoms with Gasteiger partial charge in [0.25, 0.3) is 0 Å². The predicted octanol–water partition coefficient (Wildman–Crippen LogP) is 14.2.